The fraction of sp³-hybridized carbons (Fsp3) is 0.167. The summed E-state index contributed by atoms with van der Waals surface area (Å²) in [4.78, 5) is 11.4. The lowest BCUT2D eigenvalue weighted by Crippen LogP contribution is -2.07. The summed E-state index contributed by atoms with van der Waals surface area (Å²) < 4.78 is 6.16. The minimum absolute atomic E-state index is 0.125. The monoisotopic (exact) mass is 265 g/mol. The number of esters is 1. The topological polar surface area (TPSA) is 70.1 Å². The van der Waals surface area contributed by atoms with Crippen LogP contribution in [0.2, 0.25) is 5.02 Å². The van der Waals surface area contributed by atoms with E-state index in [1.165, 1.54) is 7.11 Å². The highest BCUT2D eigenvalue weighted by Gasteiger charge is 2.15. The van der Waals surface area contributed by atoms with Crippen molar-refractivity contribution in [2.45, 2.75) is 6.54 Å². The molecule has 1 aromatic heterocycles. The van der Waals surface area contributed by atoms with E-state index in [4.69, 9.17) is 17.3 Å². The van der Waals surface area contributed by atoms with Crippen molar-refractivity contribution in [1.29, 1.82) is 0 Å². The number of halogens is 1. The van der Waals surface area contributed by atoms with Crippen molar-refractivity contribution < 1.29 is 9.53 Å². The maximum atomic E-state index is 11.4. The zero-order valence-electron chi connectivity index (χ0n) is 9.76. The smallest absolute Gasteiger partial charge is 0.360 e. The van der Waals surface area contributed by atoms with E-state index in [0.29, 0.717) is 17.3 Å². The van der Waals surface area contributed by atoms with Gasteiger partial charge in [0, 0.05) is 11.2 Å². The van der Waals surface area contributed by atoms with Gasteiger partial charge >= 0.3 is 5.97 Å². The van der Waals surface area contributed by atoms with E-state index in [0.717, 1.165) is 5.56 Å². The quantitative estimate of drug-likeness (QED) is 0.861. The minimum atomic E-state index is -0.544. The lowest BCUT2D eigenvalue weighted by atomic mass is 10.2. The summed E-state index contributed by atoms with van der Waals surface area (Å²) >= 11 is 5.89. The molecule has 0 saturated carbocycles. The molecule has 1 heterocycles. The molecule has 2 N–H and O–H groups in total. The number of benzene rings is 1. The lowest BCUT2D eigenvalue weighted by molar-refractivity contribution is 0.0594. The maximum absolute atomic E-state index is 11.4. The zero-order valence-corrected chi connectivity index (χ0v) is 10.5. The Morgan fingerprint density at radius 3 is 3.00 bits per heavy atom. The fourth-order valence-corrected chi connectivity index (χ4v) is 1.81. The van der Waals surface area contributed by atoms with E-state index >= 15 is 0 Å². The number of nitrogen functional groups attached to an aromatic ring is 1. The molecule has 0 fully saturated rings. The Bertz CT molecular complexity index is 580. The summed E-state index contributed by atoms with van der Waals surface area (Å²) in [7, 11) is 1.29. The van der Waals surface area contributed by atoms with E-state index < -0.39 is 5.97 Å². The Morgan fingerprint density at radius 2 is 2.33 bits per heavy atom. The Morgan fingerprint density at radius 1 is 1.56 bits per heavy atom. The molecule has 0 spiro atoms. The second-order valence-electron chi connectivity index (χ2n) is 3.75. The Labute approximate surface area is 109 Å². The van der Waals surface area contributed by atoms with E-state index in [9.17, 15) is 4.79 Å². The van der Waals surface area contributed by atoms with Gasteiger partial charge in [0.1, 0.15) is 0 Å². The number of anilines is 1. The van der Waals surface area contributed by atoms with E-state index in [-0.39, 0.29) is 5.69 Å². The second-order valence-corrected chi connectivity index (χ2v) is 4.19. The Hall–Kier alpha value is -2.01. The first-order valence-corrected chi connectivity index (χ1v) is 5.63. The Balaban J connectivity index is 2.23. The van der Waals surface area contributed by atoms with Gasteiger partial charge in [-0.25, -0.2) is 4.79 Å². The average molecular weight is 266 g/mol. The molecule has 0 radical (unpaired) electrons. The standard InChI is InChI=1S/C12H12ClN3O2/c1-18-12(17)11-10(14)7-16(15-11)6-8-3-2-4-9(13)5-8/h2-5,7H,6,14H2,1H3. The number of aromatic nitrogens is 2. The number of nitrogens with zero attached hydrogens (tertiary/aromatic N) is 2. The van der Waals surface area contributed by atoms with Crippen molar-refractivity contribution in [3.05, 3.63) is 46.7 Å². The first-order chi connectivity index (χ1) is 8.60. The summed E-state index contributed by atoms with van der Waals surface area (Å²) in [6, 6.07) is 7.40. The third-order valence-electron chi connectivity index (χ3n) is 2.40. The number of hydrogen-bond donors (Lipinski definition) is 1. The fourth-order valence-electron chi connectivity index (χ4n) is 1.60. The normalized spacial score (nSPS) is 10.3. The van der Waals surface area contributed by atoms with Crippen molar-refractivity contribution in [2.75, 3.05) is 12.8 Å². The molecule has 0 unspecified atom stereocenters. The van der Waals surface area contributed by atoms with Gasteiger partial charge in [0.15, 0.2) is 5.69 Å². The van der Waals surface area contributed by atoms with Gasteiger partial charge in [0.2, 0.25) is 0 Å². The van der Waals surface area contributed by atoms with Crippen molar-refractivity contribution in [3.63, 3.8) is 0 Å². The molecule has 2 rings (SSSR count). The van der Waals surface area contributed by atoms with E-state index in [1.54, 1.807) is 16.9 Å². The first-order valence-electron chi connectivity index (χ1n) is 5.26. The number of ether oxygens (including phenoxy) is 1. The summed E-state index contributed by atoms with van der Waals surface area (Å²) in [5.41, 5.74) is 7.08. The minimum Gasteiger partial charge on any atom is -0.464 e. The lowest BCUT2D eigenvalue weighted by Gasteiger charge is -2.01. The zero-order chi connectivity index (χ0) is 13.1. The van der Waals surface area contributed by atoms with E-state index in [2.05, 4.69) is 9.84 Å². The number of rotatable bonds is 3. The number of carbonyl (C=O) groups is 1. The van der Waals surface area contributed by atoms with Gasteiger partial charge in [-0.2, -0.15) is 5.10 Å². The predicted octanol–water partition coefficient (Wildman–Crippen LogP) is 1.95. The molecule has 18 heavy (non-hydrogen) atoms. The van der Waals surface area contributed by atoms with Crippen LogP contribution < -0.4 is 5.73 Å². The van der Waals surface area contributed by atoms with E-state index in [1.807, 2.05) is 18.2 Å². The van der Waals surface area contributed by atoms with Gasteiger partial charge in [0.25, 0.3) is 0 Å². The second kappa shape index (κ2) is 5.10. The summed E-state index contributed by atoms with van der Waals surface area (Å²) in [6.45, 7) is 0.488. The first kappa shape index (κ1) is 12.4. The number of carbonyl (C=O) groups excluding carboxylic acids is 1. The highest BCUT2D eigenvalue weighted by Crippen LogP contribution is 2.14. The van der Waals surface area contributed by atoms with Crippen LogP contribution in [0.1, 0.15) is 16.1 Å². The van der Waals surface area contributed by atoms with Crippen molar-refractivity contribution in [3.8, 4) is 0 Å². The number of methoxy groups -OCH3 is 1. The van der Waals surface area contributed by atoms with Gasteiger partial charge in [0.05, 0.1) is 19.3 Å². The molecule has 6 heteroatoms. The van der Waals surface area contributed by atoms with Crippen LogP contribution in [0.25, 0.3) is 0 Å². The molecule has 0 atom stereocenters. The van der Waals surface area contributed by atoms with Gasteiger partial charge in [-0.15, -0.1) is 0 Å². The largest absolute Gasteiger partial charge is 0.464 e. The SMILES string of the molecule is COC(=O)c1nn(Cc2cccc(Cl)c2)cc1N. The van der Waals surface area contributed by atoms with Crippen LogP contribution in [0.4, 0.5) is 5.69 Å². The van der Waals surface area contributed by atoms with Crippen molar-refractivity contribution in [1.82, 2.24) is 9.78 Å². The number of hydrogen-bond acceptors (Lipinski definition) is 4. The van der Waals surface area contributed by atoms with Gasteiger partial charge in [-0.3, -0.25) is 4.68 Å². The van der Waals surface area contributed by atoms with Crippen LogP contribution in [0.3, 0.4) is 0 Å². The van der Waals surface area contributed by atoms with Gasteiger partial charge in [-0.1, -0.05) is 23.7 Å². The van der Waals surface area contributed by atoms with Gasteiger partial charge in [-0.05, 0) is 17.7 Å². The molecule has 0 amide bonds. The molecule has 0 bridgehead atoms. The summed E-state index contributed by atoms with van der Waals surface area (Å²) in [6.07, 6.45) is 1.59. The average Bonchev–Trinajstić information content (AvgIpc) is 2.69. The van der Waals surface area contributed by atoms with Crippen LogP contribution in [-0.2, 0) is 11.3 Å². The summed E-state index contributed by atoms with van der Waals surface area (Å²) in [5, 5.41) is 4.73. The maximum Gasteiger partial charge on any atom is 0.360 e. The van der Waals surface area contributed by atoms with Gasteiger partial charge < -0.3 is 10.5 Å². The van der Waals surface area contributed by atoms with Crippen LogP contribution in [0, 0.1) is 0 Å². The van der Waals surface area contributed by atoms with Crippen LogP contribution in [-0.4, -0.2) is 22.9 Å². The van der Waals surface area contributed by atoms with Crippen LogP contribution >= 0.6 is 11.6 Å². The molecular formula is C12H12ClN3O2. The Kier molecular flexibility index (Phi) is 3.53. The molecular weight excluding hydrogens is 254 g/mol. The molecule has 94 valence electrons. The van der Waals surface area contributed by atoms with Crippen LogP contribution in [0.15, 0.2) is 30.5 Å². The van der Waals surface area contributed by atoms with Crippen molar-refractivity contribution >= 4 is 23.3 Å². The highest BCUT2D eigenvalue weighted by molar-refractivity contribution is 6.30. The summed E-state index contributed by atoms with van der Waals surface area (Å²) in [5.74, 6) is -0.544. The molecule has 1 aromatic carbocycles. The molecule has 0 saturated heterocycles. The molecule has 5 nitrogen and oxygen atoms in total. The highest BCUT2D eigenvalue weighted by atomic mass is 35.5. The third kappa shape index (κ3) is 2.62. The van der Waals surface area contributed by atoms with Crippen LogP contribution in [0.5, 0.6) is 0 Å². The molecule has 0 aliphatic heterocycles. The molecule has 0 aliphatic carbocycles. The molecule has 0 aliphatic rings. The number of nitrogens with two attached hydrogens (primary N) is 1. The third-order valence-corrected chi connectivity index (χ3v) is 2.64. The molecule has 2 aromatic rings. The predicted molar refractivity (Wildman–Crippen MR) is 68.5 cm³/mol. The van der Waals surface area contributed by atoms with Crippen molar-refractivity contribution in [2.24, 2.45) is 0 Å².